The van der Waals surface area contributed by atoms with E-state index in [9.17, 15) is 9.59 Å². The molecule has 1 amide bonds. The van der Waals surface area contributed by atoms with Crippen LogP contribution >= 0.6 is 0 Å². The van der Waals surface area contributed by atoms with Crippen LogP contribution in [0.5, 0.6) is 11.5 Å². The first-order valence-corrected chi connectivity index (χ1v) is 5.25. The summed E-state index contributed by atoms with van der Waals surface area (Å²) in [4.78, 5) is 28.7. The van der Waals surface area contributed by atoms with Gasteiger partial charge in [-0.15, -0.1) is 0 Å². The van der Waals surface area contributed by atoms with Crippen molar-refractivity contribution in [3.05, 3.63) is 46.9 Å². The highest BCUT2D eigenvalue weighted by Crippen LogP contribution is 2.16. The van der Waals surface area contributed by atoms with E-state index in [0.29, 0.717) is 5.75 Å². The summed E-state index contributed by atoms with van der Waals surface area (Å²) in [6.45, 7) is 1.33. The predicted octanol–water partition coefficient (Wildman–Crippen LogP) is 1.52. The average Bonchev–Trinajstić information content (AvgIpc) is 2.33. The Morgan fingerprint density at radius 3 is 2.67 bits per heavy atom. The predicted molar refractivity (Wildman–Crippen MR) is 65.7 cm³/mol. The van der Waals surface area contributed by atoms with E-state index in [1.165, 1.54) is 13.1 Å². The number of anilines is 1. The fourth-order valence-corrected chi connectivity index (χ4v) is 1.30. The maximum absolute atomic E-state index is 11.7. The summed E-state index contributed by atoms with van der Waals surface area (Å²) >= 11 is 0. The lowest BCUT2D eigenvalue weighted by atomic mass is 10.3. The minimum atomic E-state index is -0.461. The van der Waals surface area contributed by atoms with Crippen molar-refractivity contribution in [1.29, 1.82) is 0 Å². The van der Waals surface area contributed by atoms with Gasteiger partial charge in [-0.05, 0) is 12.1 Å². The third-order valence-electron chi connectivity index (χ3n) is 2.03. The molecular formula is C12H11N3O3. The fraction of sp³-hybridized carbons (Fsp3) is 0.0833. The van der Waals surface area contributed by atoms with Gasteiger partial charge in [0.25, 0.3) is 5.56 Å². The van der Waals surface area contributed by atoms with Gasteiger partial charge < -0.3 is 4.74 Å². The number of H-pyrrole nitrogens is 1. The van der Waals surface area contributed by atoms with Crippen LogP contribution in [0.1, 0.15) is 6.92 Å². The molecule has 2 N–H and O–H groups in total. The van der Waals surface area contributed by atoms with Crippen LogP contribution in [0, 0.1) is 0 Å². The maximum atomic E-state index is 11.7. The molecule has 92 valence electrons. The molecule has 0 radical (unpaired) electrons. The van der Waals surface area contributed by atoms with Crippen molar-refractivity contribution in [3.8, 4) is 11.5 Å². The maximum Gasteiger partial charge on any atom is 0.295 e. The molecule has 0 aliphatic rings. The minimum Gasteiger partial charge on any atom is -0.450 e. The van der Waals surface area contributed by atoms with E-state index in [0.717, 1.165) is 0 Å². The number of hydrogen-bond acceptors (Lipinski definition) is 4. The summed E-state index contributed by atoms with van der Waals surface area (Å²) < 4.78 is 5.35. The smallest absolute Gasteiger partial charge is 0.295 e. The van der Waals surface area contributed by atoms with E-state index < -0.39 is 5.56 Å². The zero-order chi connectivity index (χ0) is 13.0. The largest absolute Gasteiger partial charge is 0.450 e. The van der Waals surface area contributed by atoms with E-state index in [1.54, 1.807) is 24.3 Å². The molecule has 1 aromatic heterocycles. The number of ether oxygens (including phenoxy) is 1. The van der Waals surface area contributed by atoms with Crippen molar-refractivity contribution in [2.24, 2.45) is 0 Å². The number of carbonyl (C=O) groups excluding carboxylic acids is 1. The molecule has 0 aliphatic carbocycles. The Kier molecular flexibility index (Phi) is 3.38. The molecular weight excluding hydrogens is 234 g/mol. The zero-order valence-electron chi connectivity index (χ0n) is 9.64. The lowest BCUT2D eigenvalue weighted by molar-refractivity contribution is -0.114. The van der Waals surface area contributed by atoms with Crippen LogP contribution in [-0.2, 0) is 4.79 Å². The van der Waals surface area contributed by atoms with Gasteiger partial charge in [0.1, 0.15) is 5.75 Å². The highest BCUT2D eigenvalue weighted by molar-refractivity contribution is 5.86. The Hall–Kier alpha value is -2.63. The second kappa shape index (κ2) is 5.13. The number of para-hydroxylation sites is 1. The van der Waals surface area contributed by atoms with Gasteiger partial charge in [-0.2, -0.15) is 0 Å². The summed E-state index contributed by atoms with van der Waals surface area (Å²) in [5.41, 5.74) is -0.461. The quantitative estimate of drug-likeness (QED) is 0.858. The van der Waals surface area contributed by atoms with Crippen LogP contribution in [0.15, 0.2) is 41.3 Å². The number of rotatable bonds is 3. The van der Waals surface area contributed by atoms with Crippen molar-refractivity contribution in [2.45, 2.75) is 6.92 Å². The monoisotopic (exact) mass is 245 g/mol. The summed E-state index contributed by atoms with van der Waals surface area (Å²) in [5.74, 6) is 0.384. The summed E-state index contributed by atoms with van der Waals surface area (Å²) in [6.07, 6.45) is 1.26. The molecule has 0 fully saturated rings. The zero-order valence-corrected chi connectivity index (χ0v) is 9.64. The number of amides is 1. The van der Waals surface area contributed by atoms with Gasteiger partial charge >= 0.3 is 0 Å². The van der Waals surface area contributed by atoms with E-state index in [4.69, 9.17) is 4.74 Å². The molecule has 0 spiro atoms. The highest BCUT2D eigenvalue weighted by Gasteiger charge is 2.05. The molecule has 2 rings (SSSR count). The van der Waals surface area contributed by atoms with Gasteiger partial charge in [-0.25, -0.2) is 4.98 Å². The van der Waals surface area contributed by atoms with Crippen LogP contribution in [-0.4, -0.2) is 15.9 Å². The van der Waals surface area contributed by atoms with Crippen molar-refractivity contribution in [1.82, 2.24) is 9.97 Å². The van der Waals surface area contributed by atoms with E-state index in [1.807, 2.05) is 6.07 Å². The molecule has 1 aromatic carbocycles. The van der Waals surface area contributed by atoms with Gasteiger partial charge in [0.05, 0.1) is 6.20 Å². The first kappa shape index (κ1) is 11.8. The number of aromatic nitrogens is 2. The minimum absolute atomic E-state index is 0.0651. The molecule has 1 heterocycles. The number of nitrogens with one attached hydrogen (secondary N) is 2. The first-order chi connectivity index (χ1) is 8.65. The van der Waals surface area contributed by atoms with Gasteiger partial charge in [0.15, 0.2) is 0 Å². The molecule has 0 unspecified atom stereocenters. The first-order valence-electron chi connectivity index (χ1n) is 5.25. The van der Waals surface area contributed by atoms with Crippen LogP contribution in [0.3, 0.4) is 0 Å². The normalized spacial score (nSPS) is 9.83. The highest BCUT2D eigenvalue weighted by atomic mass is 16.5. The third kappa shape index (κ3) is 2.94. The van der Waals surface area contributed by atoms with Crippen molar-refractivity contribution < 1.29 is 9.53 Å². The molecule has 6 heteroatoms. The van der Waals surface area contributed by atoms with Crippen LogP contribution in [0.2, 0.25) is 0 Å². The van der Waals surface area contributed by atoms with Crippen molar-refractivity contribution in [2.75, 3.05) is 5.32 Å². The van der Waals surface area contributed by atoms with Gasteiger partial charge in [-0.1, -0.05) is 18.2 Å². The van der Waals surface area contributed by atoms with Crippen molar-refractivity contribution >= 4 is 11.9 Å². The van der Waals surface area contributed by atoms with E-state index >= 15 is 0 Å². The Labute approximate surface area is 103 Å². The average molecular weight is 245 g/mol. The van der Waals surface area contributed by atoms with Gasteiger partial charge in [0.2, 0.25) is 17.6 Å². The van der Waals surface area contributed by atoms with Crippen LogP contribution in [0.4, 0.5) is 5.95 Å². The molecule has 0 atom stereocenters. The second-order valence-electron chi connectivity index (χ2n) is 3.52. The number of benzene rings is 1. The lowest BCUT2D eigenvalue weighted by Gasteiger charge is -2.05. The Morgan fingerprint density at radius 2 is 2.06 bits per heavy atom. The van der Waals surface area contributed by atoms with Gasteiger partial charge in [0, 0.05) is 6.92 Å². The molecule has 0 bridgehead atoms. The standard InChI is InChI=1S/C12H11N3O3/c1-8(16)14-12-13-7-10(11(17)15-12)18-9-5-3-2-4-6-9/h2-7H,1H3,(H2,13,14,15,16,17). The lowest BCUT2D eigenvalue weighted by Crippen LogP contribution is -2.16. The third-order valence-corrected chi connectivity index (χ3v) is 2.03. The second-order valence-corrected chi connectivity index (χ2v) is 3.52. The van der Waals surface area contributed by atoms with Gasteiger partial charge in [-0.3, -0.25) is 19.9 Å². The van der Waals surface area contributed by atoms with Crippen LogP contribution < -0.4 is 15.6 Å². The van der Waals surface area contributed by atoms with Crippen molar-refractivity contribution in [3.63, 3.8) is 0 Å². The fourth-order valence-electron chi connectivity index (χ4n) is 1.30. The molecule has 6 nitrogen and oxygen atoms in total. The Morgan fingerprint density at radius 1 is 1.33 bits per heavy atom. The Bertz CT molecular complexity index is 607. The molecule has 0 aliphatic heterocycles. The number of aromatic amines is 1. The summed E-state index contributed by atoms with van der Waals surface area (Å²) in [5, 5.41) is 2.38. The number of hydrogen-bond donors (Lipinski definition) is 2. The van der Waals surface area contributed by atoms with E-state index in [-0.39, 0.29) is 17.6 Å². The van der Waals surface area contributed by atoms with Crippen LogP contribution in [0.25, 0.3) is 0 Å². The topological polar surface area (TPSA) is 84.1 Å². The number of nitrogens with zero attached hydrogens (tertiary/aromatic N) is 1. The number of carbonyl (C=O) groups is 1. The van der Waals surface area contributed by atoms with E-state index in [2.05, 4.69) is 15.3 Å². The Balaban J connectivity index is 2.20. The molecule has 18 heavy (non-hydrogen) atoms. The summed E-state index contributed by atoms with van der Waals surface area (Å²) in [6, 6.07) is 8.88. The molecule has 0 saturated heterocycles. The molecule has 0 saturated carbocycles. The molecule has 2 aromatic rings. The summed E-state index contributed by atoms with van der Waals surface area (Å²) in [7, 11) is 0. The SMILES string of the molecule is CC(=O)Nc1ncc(Oc2ccccc2)c(=O)[nH]1.